The summed E-state index contributed by atoms with van der Waals surface area (Å²) in [5.41, 5.74) is 3.93. The van der Waals surface area contributed by atoms with Crippen LogP contribution in [0.3, 0.4) is 0 Å². The molecular weight excluding hydrogens is 238 g/mol. The number of aryl methyl sites for hydroxylation is 2. The number of rotatable bonds is 3. The van der Waals surface area contributed by atoms with Gasteiger partial charge in [-0.3, -0.25) is 9.78 Å². The minimum atomic E-state index is -0.118. The zero-order valence-corrected chi connectivity index (χ0v) is 11.4. The molecule has 0 bridgehead atoms. The fourth-order valence-corrected chi connectivity index (χ4v) is 1.96. The summed E-state index contributed by atoms with van der Waals surface area (Å²) in [6, 6.07) is 6.24. The molecule has 0 saturated heterocycles. The van der Waals surface area contributed by atoms with E-state index in [0.717, 1.165) is 5.56 Å². The second-order valence-electron chi connectivity index (χ2n) is 4.68. The van der Waals surface area contributed by atoms with E-state index in [1.165, 1.54) is 23.5 Å². The third kappa shape index (κ3) is 3.16. The maximum atomic E-state index is 12.2. The van der Waals surface area contributed by atoms with E-state index in [4.69, 9.17) is 0 Å². The number of amides is 1. The molecule has 0 aliphatic rings. The Morgan fingerprint density at radius 3 is 2.68 bits per heavy atom. The molecule has 1 heterocycles. The van der Waals surface area contributed by atoms with Gasteiger partial charge in [-0.1, -0.05) is 23.8 Å². The van der Waals surface area contributed by atoms with Gasteiger partial charge in [0.25, 0.3) is 5.91 Å². The average Bonchev–Trinajstić information content (AvgIpc) is 2.42. The summed E-state index contributed by atoms with van der Waals surface area (Å²) in [5, 5.41) is 0. The Hall–Kier alpha value is -2.23. The average molecular weight is 255 g/mol. The number of nitrogens with zero attached hydrogens (tertiary/aromatic N) is 3. The Labute approximate surface area is 113 Å². The molecule has 0 N–H and O–H groups in total. The molecule has 0 saturated carbocycles. The van der Waals surface area contributed by atoms with Crippen molar-refractivity contribution in [3.63, 3.8) is 0 Å². The van der Waals surface area contributed by atoms with E-state index >= 15 is 0 Å². The highest BCUT2D eigenvalue weighted by atomic mass is 16.2. The topological polar surface area (TPSA) is 46.1 Å². The largest absolute Gasteiger partial charge is 0.336 e. The lowest BCUT2D eigenvalue weighted by Crippen LogP contribution is -2.27. The highest BCUT2D eigenvalue weighted by molar-refractivity contribution is 5.91. The number of aromatic nitrogens is 2. The molecule has 4 heteroatoms. The molecule has 0 spiro atoms. The summed E-state index contributed by atoms with van der Waals surface area (Å²) in [6.07, 6.45) is 4.57. The summed E-state index contributed by atoms with van der Waals surface area (Å²) >= 11 is 0. The first-order chi connectivity index (χ1) is 9.08. The molecule has 1 aromatic carbocycles. The summed E-state index contributed by atoms with van der Waals surface area (Å²) in [6.45, 7) is 4.69. The van der Waals surface area contributed by atoms with Gasteiger partial charge in [-0.15, -0.1) is 0 Å². The van der Waals surface area contributed by atoms with Gasteiger partial charge in [-0.2, -0.15) is 0 Å². The van der Waals surface area contributed by atoms with Crippen molar-refractivity contribution in [3.8, 4) is 0 Å². The highest BCUT2D eigenvalue weighted by Gasteiger charge is 2.14. The number of hydrogen-bond acceptors (Lipinski definition) is 3. The van der Waals surface area contributed by atoms with Crippen molar-refractivity contribution in [1.29, 1.82) is 0 Å². The van der Waals surface area contributed by atoms with E-state index < -0.39 is 0 Å². The fourth-order valence-electron chi connectivity index (χ4n) is 1.96. The molecule has 2 rings (SSSR count). The van der Waals surface area contributed by atoms with Gasteiger partial charge < -0.3 is 4.90 Å². The maximum absolute atomic E-state index is 12.2. The molecule has 98 valence electrons. The summed E-state index contributed by atoms with van der Waals surface area (Å²) < 4.78 is 0. The lowest BCUT2D eigenvalue weighted by molar-refractivity contribution is 0.0778. The third-order valence-electron chi connectivity index (χ3n) is 3.03. The quantitative estimate of drug-likeness (QED) is 0.845. The van der Waals surface area contributed by atoms with Gasteiger partial charge in [-0.05, 0) is 25.0 Å². The first kappa shape index (κ1) is 13.2. The Kier molecular flexibility index (Phi) is 3.90. The van der Waals surface area contributed by atoms with E-state index in [1.54, 1.807) is 18.1 Å². The van der Waals surface area contributed by atoms with E-state index in [0.29, 0.717) is 12.2 Å². The van der Waals surface area contributed by atoms with Gasteiger partial charge in [0, 0.05) is 26.0 Å². The van der Waals surface area contributed by atoms with E-state index in [1.807, 2.05) is 0 Å². The number of carbonyl (C=O) groups is 1. The molecule has 2 aromatic rings. The predicted molar refractivity (Wildman–Crippen MR) is 73.7 cm³/mol. The molecule has 4 nitrogen and oxygen atoms in total. The molecule has 0 unspecified atom stereocenters. The first-order valence-electron chi connectivity index (χ1n) is 6.15. The molecule has 19 heavy (non-hydrogen) atoms. The molecule has 0 atom stereocenters. The van der Waals surface area contributed by atoms with Crippen molar-refractivity contribution in [2.24, 2.45) is 0 Å². The first-order valence-corrected chi connectivity index (χ1v) is 6.15. The normalized spacial score (nSPS) is 10.3. The van der Waals surface area contributed by atoms with Crippen LogP contribution in [0.5, 0.6) is 0 Å². The second kappa shape index (κ2) is 5.61. The zero-order chi connectivity index (χ0) is 13.8. The summed E-state index contributed by atoms with van der Waals surface area (Å²) in [4.78, 5) is 21.7. The van der Waals surface area contributed by atoms with Gasteiger partial charge in [0.15, 0.2) is 0 Å². The maximum Gasteiger partial charge on any atom is 0.274 e. The number of carbonyl (C=O) groups excluding carboxylic acids is 1. The van der Waals surface area contributed by atoms with Gasteiger partial charge in [0.1, 0.15) is 5.69 Å². The molecule has 1 amide bonds. The Morgan fingerprint density at radius 1 is 1.26 bits per heavy atom. The number of hydrogen-bond donors (Lipinski definition) is 0. The monoisotopic (exact) mass is 255 g/mol. The van der Waals surface area contributed by atoms with E-state index in [9.17, 15) is 4.79 Å². The van der Waals surface area contributed by atoms with Crippen molar-refractivity contribution in [2.75, 3.05) is 7.05 Å². The zero-order valence-electron chi connectivity index (χ0n) is 11.4. The molecule has 0 radical (unpaired) electrons. The van der Waals surface area contributed by atoms with Crippen LogP contribution in [0.25, 0.3) is 0 Å². The SMILES string of the molecule is Cc1ccc(CN(C)C(=O)c2cnccn2)c(C)c1. The molecular formula is C15H17N3O. The van der Waals surface area contributed by atoms with Gasteiger partial charge in [0.2, 0.25) is 0 Å². The Morgan fingerprint density at radius 2 is 2.05 bits per heavy atom. The minimum absolute atomic E-state index is 0.118. The smallest absolute Gasteiger partial charge is 0.274 e. The third-order valence-corrected chi connectivity index (χ3v) is 3.03. The number of benzene rings is 1. The van der Waals surface area contributed by atoms with Crippen LogP contribution < -0.4 is 0 Å². The van der Waals surface area contributed by atoms with Crippen LogP contribution in [0.1, 0.15) is 27.2 Å². The fraction of sp³-hybridized carbons (Fsp3) is 0.267. The Bertz CT molecular complexity index is 581. The molecule has 1 aromatic heterocycles. The summed E-state index contributed by atoms with van der Waals surface area (Å²) in [7, 11) is 1.77. The van der Waals surface area contributed by atoms with Gasteiger partial charge >= 0.3 is 0 Å². The van der Waals surface area contributed by atoms with Crippen LogP contribution in [0.2, 0.25) is 0 Å². The van der Waals surface area contributed by atoms with E-state index in [-0.39, 0.29) is 5.91 Å². The Balaban J connectivity index is 2.13. The van der Waals surface area contributed by atoms with Crippen molar-refractivity contribution in [2.45, 2.75) is 20.4 Å². The van der Waals surface area contributed by atoms with Crippen molar-refractivity contribution in [3.05, 3.63) is 59.2 Å². The van der Waals surface area contributed by atoms with Gasteiger partial charge in [0.05, 0.1) is 6.20 Å². The molecule has 0 aliphatic carbocycles. The second-order valence-corrected chi connectivity index (χ2v) is 4.68. The van der Waals surface area contributed by atoms with Crippen LogP contribution in [-0.2, 0) is 6.54 Å². The predicted octanol–water partition coefficient (Wildman–Crippen LogP) is 2.37. The van der Waals surface area contributed by atoms with Gasteiger partial charge in [-0.25, -0.2) is 4.98 Å². The van der Waals surface area contributed by atoms with Crippen molar-refractivity contribution >= 4 is 5.91 Å². The highest BCUT2D eigenvalue weighted by Crippen LogP contribution is 2.13. The van der Waals surface area contributed by atoms with Crippen LogP contribution in [-0.4, -0.2) is 27.8 Å². The summed E-state index contributed by atoms with van der Waals surface area (Å²) in [5.74, 6) is -0.118. The van der Waals surface area contributed by atoms with Crippen molar-refractivity contribution in [1.82, 2.24) is 14.9 Å². The lowest BCUT2D eigenvalue weighted by atomic mass is 10.1. The van der Waals surface area contributed by atoms with E-state index in [2.05, 4.69) is 42.0 Å². The molecule has 0 aliphatic heterocycles. The lowest BCUT2D eigenvalue weighted by Gasteiger charge is -2.18. The van der Waals surface area contributed by atoms with Crippen LogP contribution in [0, 0.1) is 13.8 Å². The standard InChI is InChI=1S/C15H17N3O/c1-11-4-5-13(12(2)8-11)10-18(3)15(19)14-9-16-6-7-17-14/h4-9H,10H2,1-3H3. The molecule has 0 fully saturated rings. The van der Waals surface area contributed by atoms with Crippen LogP contribution in [0.4, 0.5) is 0 Å². The van der Waals surface area contributed by atoms with Crippen LogP contribution >= 0.6 is 0 Å². The minimum Gasteiger partial charge on any atom is -0.336 e. The van der Waals surface area contributed by atoms with Crippen LogP contribution in [0.15, 0.2) is 36.8 Å². The van der Waals surface area contributed by atoms with Crippen molar-refractivity contribution < 1.29 is 4.79 Å².